The van der Waals surface area contributed by atoms with Crippen molar-refractivity contribution >= 4 is 129 Å². The monoisotopic (exact) mass is 1950 g/mol. The number of pyridine rings is 4. The van der Waals surface area contributed by atoms with Gasteiger partial charge in [0, 0.05) is 126 Å². The normalized spacial score (nSPS) is 17.7. The molecule has 6 atom stereocenters. The highest BCUT2D eigenvalue weighted by molar-refractivity contribution is 6.36. The van der Waals surface area contributed by atoms with Crippen LogP contribution in [0.1, 0.15) is 176 Å². The molecular formula is C107H109Cl2F4N21O7. The second-order valence-corrected chi connectivity index (χ2v) is 40.0. The van der Waals surface area contributed by atoms with Crippen molar-refractivity contribution < 1.29 is 36.7 Å². The maximum absolute atomic E-state index is 17.9. The molecular weight excluding hydrogens is 1840 g/mol. The highest BCUT2D eigenvalue weighted by Gasteiger charge is 2.47. The molecule has 3 fully saturated rings. The zero-order valence-electron chi connectivity index (χ0n) is 81.5. The number of imidazole rings is 3. The van der Waals surface area contributed by atoms with Gasteiger partial charge in [-0.25, -0.2) is 52.4 Å². The predicted molar refractivity (Wildman–Crippen MR) is 547 cm³/mol. The van der Waals surface area contributed by atoms with Crippen LogP contribution < -0.4 is 41.4 Å². The lowest BCUT2D eigenvalue weighted by molar-refractivity contribution is -0.129. The van der Waals surface area contributed by atoms with Crippen LogP contribution in [0.15, 0.2) is 151 Å². The van der Waals surface area contributed by atoms with Gasteiger partial charge in [0.15, 0.2) is 17.5 Å². The molecule has 0 spiro atoms. The molecule has 6 aromatic carbocycles. The number of aryl methyl sites for hydroxylation is 4. The van der Waals surface area contributed by atoms with Crippen LogP contribution in [0.25, 0.3) is 116 Å². The Morgan fingerprint density at radius 2 is 0.801 bits per heavy atom. The summed E-state index contributed by atoms with van der Waals surface area (Å²) in [5.74, 6) is -3.80. The van der Waals surface area contributed by atoms with Gasteiger partial charge in [-0.1, -0.05) is 130 Å². The fourth-order valence-electron chi connectivity index (χ4n) is 22.0. The molecule has 141 heavy (non-hydrogen) atoms. The van der Waals surface area contributed by atoms with Crippen LogP contribution in [0.3, 0.4) is 0 Å². The minimum Gasteiger partial charge on any atom is -0.484 e. The number of H-pyrrole nitrogens is 3. The Morgan fingerprint density at radius 1 is 0.426 bits per heavy atom. The van der Waals surface area contributed by atoms with E-state index in [0.29, 0.717) is 187 Å². The largest absolute Gasteiger partial charge is 0.484 e. The Labute approximate surface area is 820 Å². The summed E-state index contributed by atoms with van der Waals surface area (Å²) in [5, 5.41) is 4.94. The molecule has 3 amide bonds. The van der Waals surface area contributed by atoms with Crippen molar-refractivity contribution in [3.8, 4) is 56.2 Å². The summed E-state index contributed by atoms with van der Waals surface area (Å²) in [4.78, 5) is 140. The first-order valence-electron chi connectivity index (χ1n) is 47.6. The van der Waals surface area contributed by atoms with Crippen molar-refractivity contribution in [1.29, 1.82) is 0 Å². The molecule has 0 saturated carbocycles. The van der Waals surface area contributed by atoms with E-state index in [2.05, 4.69) is 94.6 Å². The molecule has 6 aliphatic heterocycles. The summed E-state index contributed by atoms with van der Waals surface area (Å²) in [6.45, 7) is 47.1. The van der Waals surface area contributed by atoms with Crippen molar-refractivity contribution in [2.24, 2.45) is 0 Å². The number of carbonyl (C=O) groups is 3. The number of ether oxygens (including phenoxy) is 1. The van der Waals surface area contributed by atoms with E-state index in [1.165, 1.54) is 57.0 Å². The molecule has 34 heteroatoms. The van der Waals surface area contributed by atoms with Crippen LogP contribution in [-0.2, 0) is 20.8 Å². The molecule has 0 aliphatic carbocycles. The topological polar surface area (TPSA) is 308 Å². The molecule has 9 aromatic heterocycles. The summed E-state index contributed by atoms with van der Waals surface area (Å²) in [7, 11) is 0. The van der Waals surface area contributed by atoms with E-state index in [0.717, 1.165) is 27.7 Å². The average molecular weight is 1950 g/mol. The SMILES string of the molecule is C=CC(=O)N1CC2CNc3c(c4cc(Cl)c(-c5c(C)ccc6[nH]cnc56)c(F)c4n(-c4c(C(C)C)ncnc4C(C)C)c3=O)N2CC1C.C=CC(=O)N1CC2COc3c(c4cc(Cl)c(-c5c(C)ccc6[nH]cnc56)c(F)c4n(-c4c(C(C)C)ncnc4C(C)C)c3=O)N2CC1C.C=CC(=O)N1CC2Cc3c(c4cc(F)c(-c5c(C)ccc6[nH]cnc56)c(F)c4n(-c4c(C)ccnc4C(C)C)c3=O)N2CC1C. The van der Waals surface area contributed by atoms with Gasteiger partial charge in [-0.05, 0) is 161 Å². The molecule has 28 nitrogen and oxygen atoms in total. The Balaban J connectivity index is 0.000000135. The van der Waals surface area contributed by atoms with Crippen molar-refractivity contribution in [3.05, 3.63) is 257 Å². The molecule has 15 heterocycles. The Kier molecular flexibility index (Phi) is 24.8. The number of aromatic nitrogens is 14. The number of benzene rings is 6. The minimum absolute atomic E-state index is 0.00186. The fraction of sp³-hybridized carbons (Fsp3) is 0.346. The number of anilines is 4. The summed E-state index contributed by atoms with van der Waals surface area (Å²) in [5.41, 5.74) is 13.9. The molecule has 0 bridgehead atoms. The zero-order chi connectivity index (χ0) is 100. The number of aromatic amines is 3. The summed E-state index contributed by atoms with van der Waals surface area (Å²) >= 11 is 14.2. The number of piperazine rings is 3. The number of nitrogens with one attached hydrogen (secondary N) is 4. The van der Waals surface area contributed by atoms with Crippen molar-refractivity contribution in [3.63, 3.8) is 0 Å². The number of halogens is 6. The highest BCUT2D eigenvalue weighted by atomic mass is 35.5. The number of rotatable bonds is 14. The number of nitrogens with zero attached hydrogens (tertiary/aromatic N) is 17. The van der Waals surface area contributed by atoms with Gasteiger partial charge in [0.25, 0.3) is 16.7 Å². The number of hydrogen-bond donors (Lipinski definition) is 4. The Morgan fingerprint density at radius 3 is 1.24 bits per heavy atom. The van der Waals surface area contributed by atoms with Gasteiger partial charge in [0.1, 0.15) is 30.8 Å². The Hall–Kier alpha value is -14.4. The smallest absolute Gasteiger partial charge is 0.300 e. The van der Waals surface area contributed by atoms with Crippen molar-refractivity contribution in [1.82, 2.24) is 83.2 Å². The van der Waals surface area contributed by atoms with Crippen molar-refractivity contribution in [2.75, 3.05) is 72.4 Å². The van der Waals surface area contributed by atoms with E-state index in [4.69, 9.17) is 27.9 Å². The molecule has 6 unspecified atom stereocenters. The Bertz CT molecular complexity index is 7650. The minimum atomic E-state index is -0.835. The first-order valence-corrected chi connectivity index (χ1v) is 48.4. The lowest BCUT2D eigenvalue weighted by atomic mass is 9.94. The van der Waals surface area contributed by atoms with Gasteiger partial charge >= 0.3 is 0 Å². The number of fused-ring (bicyclic) bond motifs is 18. The quantitative estimate of drug-likeness (QED) is 0.0581. The van der Waals surface area contributed by atoms with Crippen LogP contribution in [0.5, 0.6) is 5.75 Å². The van der Waals surface area contributed by atoms with Crippen LogP contribution in [0.2, 0.25) is 10.0 Å². The molecule has 15 aromatic rings. The molecule has 3 saturated heterocycles. The molecule has 0 radical (unpaired) electrons. The standard InChI is InChI=1S/C36H38ClFN8O2.C36H37ClFN7O3.C35H34F2N6O2/c1-8-25(47)44-14-21-12-39-32-34(45(21)13-20(44)7)22-11-23(37)27(26-19(6)9-10-24-31(26)43-15-40-24)28(38)33(22)46(36(32)48)35-29(17(2)3)41-16-42-30(35)18(4)5;1-8-25(46)43-13-21-14-48-35-33(44(21)12-20(43)7)22-11-23(37)27(26-19(6)9-10-24-31(26)42-15-39-24)28(38)32(22)45(36(35)47)34-29(17(2)3)40-16-41-30(34)18(4)5;1-7-26(44)41-15-21-12-23-33(42(21)14-20(41)6)22-13-24(36)28(27-18(4)8-9-25-31(27)40-16-39-25)29(37)34(22)43(35(23)45)32-19(5)10-11-38-30(32)17(2)3/h8-11,15-18,20-21,39H,1,12-14H2,2-7H3,(H,40,43);8-11,15-18,20-21H,1,12-14H2,2-7H3,(H,39,42);7-11,13,16-17,20-21H,1,12,14-15H2,2-6H3,(H,39,40). The van der Waals surface area contributed by atoms with Gasteiger partial charge in [-0.3, -0.25) is 47.5 Å². The van der Waals surface area contributed by atoms with E-state index in [1.807, 2.05) is 141 Å². The van der Waals surface area contributed by atoms with E-state index in [9.17, 15) is 28.8 Å². The van der Waals surface area contributed by atoms with Gasteiger partial charge in [-0.2, -0.15) is 0 Å². The van der Waals surface area contributed by atoms with Gasteiger partial charge in [0.05, 0.1) is 165 Å². The molecule has 726 valence electrons. The van der Waals surface area contributed by atoms with E-state index in [-0.39, 0.29) is 145 Å². The summed E-state index contributed by atoms with van der Waals surface area (Å²) in [6.07, 6.45) is 13.6. The first-order chi connectivity index (χ1) is 67.4. The third-order valence-electron chi connectivity index (χ3n) is 28.6. The number of amides is 3. The predicted octanol–water partition coefficient (Wildman–Crippen LogP) is 19.4. The lowest BCUT2D eigenvalue weighted by Crippen LogP contribution is -2.62. The van der Waals surface area contributed by atoms with Gasteiger partial charge in [0.2, 0.25) is 23.5 Å². The van der Waals surface area contributed by atoms with Gasteiger partial charge < -0.3 is 54.4 Å². The maximum atomic E-state index is 17.9. The average Bonchev–Trinajstić information content (AvgIpc) is 1.24. The molecule has 21 rings (SSSR count). The molecule has 4 N–H and O–H groups in total. The van der Waals surface area contributed by atoms with Crippen LogP contribution in [-0.4, -0.2) is 190 Å². The van der Waals surface area contributed by atoms with Crippen molar-refractivity contribution in [2.45, 2.75) is 190 Å². The fourth-order valence-corrected chi connectivity index (χ4v) is 22.5. The van der Waals surface area contributed by atoms with E-state index >= 15 is 17.6 Å². The molecule has 6 aliphatic rings. The summed E-state index contributed by atoms with van der Waals surface area (Å²) < 4.78 is 80.3. The van der Waals surface area contributed by atoms with Crippen LogP contribution in [0.4, 0.5) is 40.3 Å². The third-order valence-corrected chi connectivity index (χ3v) is 29.2. The maximum Gasteiger partial charge on any atom is 0.300 e. The lowest BCUT2D eigenvalue weighted by Gasteiger charge is -2.49. The third kappa shape index (κ3) is 15.4. The van der Waals surface area contributed by atoms with Crippen LogP contribution in [0, 0.1) is 51.0 Å². The number of hydrogen-bond acceptors (Lipinski definition) is 19. The van der Waals surface area contributed by atoms with Gasteiger partial charge in [-0.15, -0.1) is 0 Å². The van der Waals surface area contributed by atoms with E-state index in [1.54, 1.807) is 64.7 Å². The second kappa shape index (κ2) is 36.7. The van der Waals surface area contributed by atoms with Crippen LogP contribution >= 0.6 is 23.2 Å². The first kappa shape index (κ1) is 95.5. The highest BCUT2D eigenvalue weighted by Crippen LogP contribution is 2.52. The second-order valence-electron chi connectivity index (χ2n) is 39.2. The zero-order valence-corrected chi connectivity index (χ0v) is 83.0. The number of carbonyl (C=O) groups excluding carboxylic acids is 3. The summed E-state index contributed by atoms with van der Waals surface area (Å²) in [6, 6.07) is 16.6. The van der Waals surface area contributed by atoms with E-state index < -0.39 is 34.4 Å².